The minimum absolute atomic E-state index is 0.0592. The van der Waals surface area contributed by atoms with Crippen molar-refractivity contribution in [3.63, 3.8) is 0 Å². The molecule has 0 saturated heterocycles. The van der Waals surface area contributed by atoms with E-state index in [0.717, 1.165) is 0 Å². The van der Waals surface area contributed by atoms with E-state index in [-0.39, 0.29) is 16.8 Å². The third-order valence-corrected chi connectivity index (χ3v) is 4.97. The molecule has 0 aliphatic heterocycles. The molecule has 2 aromatic rings. The molecule has 1 atom stereocenters. The molecular weight excluding hydrogens is 364 g/mol. The highest BCUT2D eigenvalue weighted by Crippen LogP contribution is 2.18. The van der Waals surface area contributed by atoms with Crippen LogP contribution in [0.15, 0.2) is 53.4 Å². The smallest absolute Gasteiger partial charge is 0.261 e. The van der Waals surface area contributed by atoms with E-state index in [1.54, 1.807) is 31.4 Å². The van der Waals surface area contributed by atoms with E-state index in [4.69, 9.17) is 16.3 Å². The number of hydrogen-bond donors (Lipinski definition) is 2. The van der Waals surface area contributed by atoms with Gasteiger partial charge in [0.25, 0.3) is 15.9 Å². The molecule has 1 unspecified atom stereocenters. The molecule has 0 aliphatic rings. The fourth-order valence-electron chi connectivity index (χ4n) is 2.12. The minimum Gasteiger partial charge on any atom is -0.383 e. The number of ether oxygens (including phenoxy) is 1. The first-order valence-electron chi connectivity index (χ1n) is 7.50. The molecule has 0 aromatic heterocycles. The van der Waals surface area contributed by atoms with Gasteiger partial charge in [0.05, 0.1) is 11.5 Å². The number of nitrogens with one attached hydrogen (secondary N) is 2. The maximum atomic E-state index is 12.4. The lowest BCUT2D eigenvalue weighted by Gasteiger charge is -2.13. The topological polar surface area (TPSA) is 84.5 Å². The highest BCUT2D eigenvalue weighted by atomic mass is 35.5. The van der Waals surface area contributed by atoms with Gasteiger partial charge in [-0.15, -0.1) is 0 Å². The minimum atomic E-state index is -3.75. The van der Waals surface area contributed by atoms with Crippen LogP contribution in [0.5, 0.6) is 0 Å². The zero-order valence-electron chi connectivity index (χ0n) is 13.8. The standard InChI is InChI=1S/C17H19ClN2O4S/c1-12(11-24-2)19-17(21)13-3-9-16(10-4-13)25(22,23)20-15-7-5-14(18)6-8-15/h3-10,12,20H,11H2,1-2H3,(H,19,21). The largest absolute Gasteiger partial charge is 0.383 e. The molecule has 2 rings (SSSR count). The predicted octanol–water partition coefficient (Wildman–Crippen LogP) is 2.91. The summed E-state index contributed by atoms with van der Waals surface area (Å²) in [5, 5.41) is 3.27. The van der Waals surface area contributed by atoms with Gasteiger partial charge in [-0.1, -0.05) is 11.6 Å². The average molecular weight is 383 g/mol. The summed E-state index contributed by atoms with van der Waals surface area (Å²) in [7, 11) is -2.19. The number of sulfonamides is 1. The van der Waals surface area contributed by atoms with Crippen LogP contribution in [0.1, 0.15) is 17.3 Å². The Morgan fingerprint density at radius 2 is 1.72 bits per heavy atom. The van der Waals surface area contributed by atoms with Gasteiger partial charge >= 0.3 is 0 Å². The quantitative estimate of drug-likeness (QED) is 0.771. The summed E-state index contributed by atoms with van der Waals surface area (Å²) in [6.07, 6.45) is 0. The Balaban J connectivity index is 2.10. The van der Waals surface area contributed by atoms with Crippen LogP contribution in [0.2, 0.25) is 5.02 Å². The van der Waals surface area contributed by atoms with Gasteiger partial charge in [-0.3, -0.25) is 9.52 Å². The van der Waals surface area contributed by atoms with Crippen LogP contribution in [0.3, 0.4) is 0 Å². The average Bonchev–Trinajstić information content (AvgIpc) is 2.57. The summed E-state index contributed by atoms with van der Waals surface area (Å²) in [5.74, 6) is -0.292. The first kappa shape index (κ1) is 19.2. The molecule has 6 nitrogen and oxygen atoms in total. The second-order valence-corrected chi connectivity index (χ2v) is 7.59. The van der Waals surface area contributed by atoms with Crippen LogP contribution < -0.4 is 10.0 Å². The van der Waals surface area contributed by atoms with E-state index in [1.165, 1.54) is 24.3 Å². The molecule has 0 radical (unpaired) electrons. The number of carbonyl (C=O) groups excluding carboxylic acids is 1. The molecule has 0 fully saturated rings. The first-order chi connectivity index (χ1) is 11.8. The highest BCUT2D eigenvalue weighted by molar-refractivity contribution is 7.92. The number of hydrogen-bond acceptors (Lipinski definition) is 4. The number of methoxy groups -OCH3 is 1. The molecule has 2 aromatic carbocycles. The lowest BCUT2D eigenvalue weighted by molar-refractivity contribution is 0.0905. The zero-order valence-corrected chi connectivity index (χ0v) is 15.4. The zero-order chi connectivity index (χ0) is 18.4. The molecule has 0 bridgehead atoms. The van der Waals surface area contributed by atoms with Gasteiger partial charge in [-0.2, -0.15) is 0 Å². The Kier molecular flexibility index (Phi) is 6.41. The van der Waals surface area contributed by atoms with Gasteiger partial charge in [0.2, 0.25) is 0 Å². The number of rotatable bonds is 7. The summed E-state index contributed by atoms with van der Waals surface area (Å²) in [4.78, 5) is 12.1. The summed E-state index contributed by atoms with van der Waals surface area (Å²) in [6.45, 7) is 2.21. The van der Waals surface area contributed by atoms with Crippen molar-refractivity contribution in [2.45, 2.75) is 17.9 Å². The van der Waals surface area contributed by atoms with Crippen molar-refractivity contribution in [2.24, 2.45) is 0 Å². The monoisotopic (exact) mass is 382 g/mol. The molecule has 0 heterocycles. The molecule has 134 valence electrons. The lowest BCUT2D eigenvalue weighted by atomic mass is 10.2. The Bertz CT molecular complexity index is 821. The van der Waals surface area contributed by atoms with Crippen molar-refractivity contribution in [3.8, 4) is 0 Å². The van der Waals surface area contributed by atoms with E-state index >= 15 is 0 Å². The van der Waals surface area contributed by atoms with Gasteiger partial charge in [0, 0.05) is 29.4 Å². The Morgan fingerprint density at radius 3 is 2.28 bits per heavy atom. The van der Waals surface area contributed by atoms with Crippen molar-refractivity contribution < 1.29 is 17.9 Å². The van der Waals surface area contributed by atoms with Gasteiger partial charge < -0.3 is 10.1 Å². The molecule has 1 amide bonds. The van der Waals surface area contributed by atoms with Gasteiger partial charge in [-0.05, 0) is 55.5 Å². The van der Waals surface area contributed by atoms with Gasteiger partial charge in [-0.25, -0.2) is 8.42 Å². The maximum Gasteiger partial charge on any atom is 0.261 e. The number of carbonyl (C=O) groups is 1. The summed E-state index contributed by atoms with van der Waals surface area (Å²) < 4.78 is 32.2. The van der Waals surface area contributed by atoms with E-state index in [9.17, 15) is 13.2 Å². The van der Waals surface area contributed by atoms with Crippen LogP contribution in [0.25, 0.3) is 0 Å². The van der Waals surface area contributed by atoms with E-state index in [2.05, 4.69) is 10.0 Å². The Morgan fingerprint density at radius 1 is 1.12 bits per heavy atom. The number of halogens is 1. The lowest BCUT2D eigenvalue weighted by Crippen LogP contribution is -2.35. The van der Waals surface area contributed by atoms with Crippen molar-refractivity contribution >= 4 is 33.2 Å². The highest BCUT2D eigenvalue weighted by Gasteiger charge is 2.16. The summed E-state index contributed by atoms with van der Waals surface area (Å²) in [5.41, 5.74) is 0.771. The molecule has 0 saturated carbocycles. The van der Waals surface area contributed by atoms with Crippen molar-refractivity contribution in [1.82, 2.24) is 5.32 Å². The molecular formula is C17H19ClN2O4S. The molecule has 0 aliphatic carbocycles. The first-order valence-corrected chi connectivity index (χ1v) is 9.36. The molecule has 25 heavy (non-hydrogen) atoms. The summed E-state index contributed by atoms with van der Waals surface area (Å²) in [6, 6.07) is 11.9. The fraction of sp³-hybridized carbons (Fsp3) is 0.235. The van der Waals surface area contributed by atoms with Crippen molar-refractivity contribution in [3.05, 3.63) is 59.1 Å². The molecule has 2 N–H and O–H groups in total. The van der Waals surface area contributed by atoms with Crippen LogP contribution in [0, 0.1) is 0 Å². The maximum absolute atomic E-state index is 12.4. The third kappa shape index (κ3) is 5.45. The normalized spacial score (nSPS) is 12.4. The third-order valence-electron chi connectivity index (χ3n) is 3.32. The van der Waals surface area contributed by atoms with Crippen molar-refractivity contribution in [1.29, 1.82) is 0 Å². The SMILES string of the molecule is COCC(C)NC(=O)c1ccc(S(=O)(=O)Nc2ccc(Cl)cc2)cc1. The predicted molar refractivity (Wildman–Crippen MR) is 97.5 cm³/mol. The van der Waals surface area contributed by atoms with Crippen LogP contribution in [-0.4, -0.2) is 34.1 Å². The van der Waals surface area contributed by atoms with E-state index in [1.807, 2.05) is 6.92 Å². The van der Waals surface area contributed by atoms with Gasteiger partial charge in [0.15, 0.2) is 0 Å². The van der Waals surface area contributed by atoms with E-state index in [0.29, 0.717) is 22.9 Å². The van der Waals surface area contributed by atoms with Crippen LogP contribution >= 0.6 is 11.6 Å². The Labute approximate surface area is 152 Å². The second-order valence-electron chi connectivity index (χ2n) is 5.47. The number of anilines is 1. The van der Waals surface area contributed by atoms with E-state index < -0.39 is 10.0 Å². The second kappa shape index (κ2) is 8.33. The van der Waals surface area contributed by atoms with Gasteiger partial charge in [0.1, 0.15) is 0 Å². The number of benzene rings is 2. The molecule has 0 spiro atoms. The summed E-state index contributed by atoms with van der Waals surface area (Å²) >= 11 is 5.78. The van der Waals surface area contributed by atoms with Crippen LogP contribution in [0.4, 0.5) is 5.69 Å². The molecule has 8 heteroatoms. The fourth-order valence-corrected chi connectivity index (χ4v) is 3.30. The Hall–Kier alpha value is -2.09. The van der Waals surface area contributed by atoms with Crippen molar-refractivity contribution in [2.75, 3.05) is 18.4 Å². The number of amides is 1. The van der Waals surface area contributed by atoms with Crippen LogP contribution in [-0.2, 0) is 14.8 Å².